The number of ether oxygens (including phenoxy) is 1. The van der Waals surface area contributed by atoms with E-state index in [0.717, 1.165) is 18.8 Å². The molecule has 0 radical (unpaired) electrons. The van der Waals surface area contributed by atoms with Crippen LogP contribution in [0.5, 0.6) is 0 Å². The fraction of sp³-hybridized carbons (Fsp3) is 0.600. The zero-order valence-corrected chi connectivity index (χ0v) is 12.8. The van der Waals surface area contributed by atoms with Gasteiger partial charge in [-0.15, -0.1) is 0 Å². The van der Waals surface area contributed by atoms with E-state index in [1.807, 2.05) is 18.0 Å². The lowest BCUT2D eigenvalue weighted by molar-refractivity contribution is 0.0526. The summed E-state index contributed by atoms with van der Waals surface area (Å²) in [6, 6.07) is 3.75. The standard InChI is InChI=1S/C15H25N3O2/c1-5-20-15(19)12-6-7-14(17-10-12)18(4)9-8-13(16)11(2)3/h6-7,10-11,13H,5,8-9,16H2,1-4H3. The maximum absolute atomic E-state index is 11.5. The number of nitrogens with two attached hydrogens (primary N) is 1. The van der Waals surface area contributed by atoms with Gasteiger partial charge in [0.25, 0.3) is 0 Å². The van der Waals surface area contributed by atoms with Crippen molar-refractivity contribution in [3.05, 3.63) is 23.9 Å². The molecule has 1 atom stereocenters. The van der Waals surface area contributed by atoms with Crippen molar-refractivity contribution in [2.75, 3.05) is 25.1 Å². The predicted octanol–water partition coefficient (Wildman–Crippen LogP) is 2.07. The third-order valence-corrected chi connectivity index (χ3v) is 3.30. The second kappa shape index (κ2) is 7.85. The Morgan fingerprint density at radius 2 is 2.15 bits per heavy atom. The molecule has 0 aliphatic carbocycles. The van der Waals surface area contributed by atoms with Crippen molar-refractivity contribution < 1.29 is 9.53 Å². The first-order valence-electron chi connectivity index (χ1n) is 7.05. The summed E-state index contributed by atoms with van der Waals surface area (Å²) >= 11 is 0. The first-order valence-corrected chi connectivity index (χ1v) is 7.05. The monoisotopic (exact) mass is 279 g/mol. The lowest BCUT2D eigenvalue weighted by Gasteiger charge is -2.22. The fourth-order valence-corrected chi connectivity index (χ4v) is 1.74. The third-order valence-electron chi connectivity index (χ3n) is 3.30. The van der Waals surface area contributed by atoms with Crippen LogP contribution in [0.2, 0.25) is 0 Å². The van der Waals surface area contributed by atoms with Crippen molar-refractivity contribution in [3.63, 3.8) is 0 Å². The second-order valence-electron chi connectivity index (χ2n) is 5.24. The average molecular weight is 279 g/mol. The number of aromatic nitrogens is 1. The Labute approximate surface area is 121 Å². The summed E-state index contributed by atoms with van der Waals surface area (Å²) in [7, 11) is 1.97. The third kappa shape index (κ3) is 4.81. The summed E-state index contributed by atoms with van der Waals surface area (Å²) in [5.41, 5.74) is 6.51. The van der Waals surface area contributed by atoms with Crippen LogP contribution < -0.4 is 10.6 Å². The summed E-state index contributed by atoms with van der Waals surface area (Å²) in [6.45, 7) is 7.23. The summed E-state index contributed by atoms with van der Waals surface area (Å²) in [4.78, 5) is 17.9. The van der Waals surface area contributed by atoms with Gasteiger partial charge in [-0.1, -0.05) is 13.8 Å². The summed E-state index contributed by atoms with van der Waals surface area (Å²) in [5, 5.41) is 0. The van der Waals surface area contributed by atoms with Crippen molar-refractivity contribution in [3.8, 4) is 0 Å². The highest BCUT2D eigenvalue weighted by Crippen LogP contribution is 2.12. The molecule has 0 bridgehead atoms. The normalized spacial score (nSPS) is 12.3. The zero-order valence-electron chi connectivity index (χ0n) is 12.8. The molecule has 0 aliphatic rings. The van der Waals surface area contributed by atoms with Crippen molar-refractivity contribution in [1.82, 2.24) is 4.98 Å². The van der Waals surface area contributed by atoms with Crippen molar-refractivity contribution in [2.24, 2.45) is 11.7 Å². The quantitative estimate of drug-likeness (QED) is 0.774. The molecule has 1 aromatic rings. The summed E-state index contributed by atoms with van der Waals surface area (Å²) in [6.07, 6.45) is 2.46. The van der Waals surface area contributed by atoms with Gasteiger partial charge < -0.3 is 15.4 Å². The van der Waals surface area contributed by atoms with Crippen LogP contribution in [-0.4, -0.2) is 37.2 Å². The molecule has 0 saturated carbocycles. The van der Waals surface area contributed by atoms with E-state index in [9.17, 15) is 4.79 Å². The van der Waals surface area contributed by atoms with Crippen LogP contribution >= 0.6 is 0 Å². The Morgan fingerprint density at radius 3 is 2.65 bits per heavy atom. The zero-order chi connectivity index (χ0) is 15.1. The van der Waals surface area contributed by atoms with Gasteiger partial charge in [-0.05, 0) is 31.4 Å². The molecule has 0 fully saturated rings. The van der Waals surface area contributed by atoms with E-state index in [2.05, 4.69) is 18.8 Å². The number of anilines is 1. The lowest BCUT2D eigenvalue weighted by Crippen LogP contribution is -2.32. The minimum atomic E-state index is -0.337. The van der Waals surface area contributed by atoms with Gasteiger partial charge in [0.05, 0.1) is 12.2 Å². The maximum atomic E-state index is 11.5. The van der Waals surface area contributed by atoms with Crippen LogP contribution in [0.15, 0.2) is 18.3 Å². The Hall–Kier alpha value is -1.62. The Bertz CT molecular complexity index is 418. The molecule has 1 heterocycles. The number of hydrogen-bond acceptors (Lipinski definition) is 5. The van der Waals surface area contributed by atoms with Crippen LogP contribution in [-0.2, 0) is 4.74 Å². The molecule has 0 amide bonds. The Balaban J connectivity index is 2.57. The van der Waals surface area contributed by atoms with Gasteiger partial charge in [-0.25, -0.2) is 9.78 Å². The smallest absolute Gasteiger partial charge is 0.339 e. The molecule has 0 aliphatic heterocycles. The molecule has 112 valence electrons. The Morgan fingerprint density at radius 1 is 1.45 bits per heavy atom. The predicted molar refractivity (Wildman–Crippen MR) is 80.9 cm³/mol. The van der Waals surface area contributed by atoms with Gasteiger partial charge in [0.2, 0.25) is 0 Å². The number of carbonyl (C=O) groups is 1. The fourth-order valence-electron chi connectivity index (χ4n) is 1.74. The highest BCUT2D eigenvalue weighted by atomic mass is 16.5. The lowest BCUT2D eigenvalue weighted by atomic mass is 10.0. The highest BCUT2D eigenvalue weighted by molar-refractivity contribution is 5.89. The minimum Gasteiger partial charge on any atom is -0.462 e. The number of carbonyl (C=O) groups excluding carboxylic acids is 1. The molecule has 2 N–H and O–H groups in total. The van der Waals surface area contributed by atoms with Crippen molar-refractivity contribution in [1.29, 1.82) is 0 Å². The average Bonchev–Trinajstić information content (AvgIpc) is 2.44. The van der Waals surface area contributed by atoms with Crippen LogP contribution in [0, 0.1) is 5.92 Å². The molecule has 5 heteroatoms. The number of hydrogen-bond donors (Lipinski definition) is 1. The van der Waals surface area contributed by atoms with Gasteiger partial charge >= 0.3 is 5.97 Å². The summed E-state index contributed by atoms with van der Waals surface area (Å²) < 4.78 is 4.92. The van der Waals surface area contributed by atoms with Crippen LogP contribution in [0.3, 0.4) is 0 Å². The van der Waals surface area contributed by atoms with E-state index in [1.54, 1.807) is 19.2 Å². The van der Waals surface area contributed by atoms with Crippen molar-refractivity contribution >= 4 is 11.8 Å². The molecule has 1 rings (SSSR count). The number of esters is 1. The first-order chi connectivity index (χ1) is 9.45. The maximum Gasteiger partial charge on any atom is 0.339 e. The molecule has 1 unspecified atom stereocenters. The molecule has 0 aromatic carbocycles. The van der Waals surface area contributed by atoms with E-state index < -0.39 is 0 Å². The molecule has 20 heavy (non-hydrogen) atoms. The van der Waals surface area contributed by atoms with E-state index in [4.69, 9.17) is 10.5 Å². The summed E-state index contributed by atoms with van der Waals surface area (Å²) in [5.74, 6) is 0.965. The SMILES string of the molecule is CCOC(=O)c1ccc(N(C)CCC(N)C(C)C)nc1. The van der Waals surface area contributed by atoms with Crippen molar-refractivity contribution in [2.45, 2.75) is 33.2 Å². The van der Waals surface area contributed by atoms with Crippen LogP contribution in [0.25, 0.3) is 0 Å². The van der Waals surface area contributed by atoms with Gasteiger partial charge in [0.15, 0.2) is 0 Å². The molecule has 5 nitrogen and oxygen atoms in total. The van der Waals surface area contributed by atoms with E-state index in [0.29, 0.717) is 18.1 Å². The highest BCUT2D eigenvalue weighted by Gasteiger charge is 2.11. The largest absolute Gasteiger partial charge is 0.462 e. The molecule has 1 aromatic heterocycles. The second-order valence-corrected chi connectivity index (χ2v) is 5.24. The minimum absolute atomic E-state index is 0.191. The van der Waals surface area contributed by atoms with Crippen LogP contribution in [0.4, 0.5) is 5.82 Å². The first kappa shape index (κ1) is 16.4. The topological polar surface area (TPSA) is 68.5 Å². The van der Waals surface area contributed by atoms with E-state index in [1.165, 1.54) is 0 Å². The molecular formula is C15H25N3O2. The number of rotatable bonds is 7. The molecule has 0 spiro atoms. The molecule has 0 saturated heterocycles. The van der Waals surface area contributed by atoms with E-state index >= 15 is 0 Å². The van der Waals surface area contributed by atoms with Gasteiger partial charge in [0.1, 0.15) is 5.82 Å². The Kier molecular flexibility index (Phi) is 6.45. The number of pyridine rings is 1. The van der Waals surface area contributed by atoms with Gasteiger partial charge in [-0.2, -0.15) is 0 Å². The van der Waals surface area contributed by atoms with E-state index in [-0.39, 0.29) is 12.0 Å². The number of nitrogens with zero attached hydrogens (tertiary/aromatic N) is 2. The van der Waals surface area contributed by atoms with Gasteiger partial charge in [0, 0.05) is 25.8 Å². The van der Waals surface area contributed by atoms with Crippen LogP contribution in [0.1, 0.15) is 37.6 Å². The van der Waals surface area contributed by atoms with Gasteiger partial charge in [-0.3, -0.25) is 0 Å². The molecular weight excluding hydrogens is 254 g/mol.